The number of nitrogens with zero attached hydrogens (tertiary/aromatic N) is 2. The number of carbonyl (C=O) groups is 3. The summed E-state index contributed by atoms with van der Waals surface area (Å²) in [6.07, 6.45) is 0.922. The first-order valence-electron chi connectivity index (χ1n) is 10.6. The number of benzene rings is 2. The predicted octanol–water partition coefficient (Wildman–Crippen LogP) is 3.22. The van der Waals surface area contributed by atoms with Gasteiger partial charge in [0.05, 0.1) is 14.2 Å². The molecule has 1 N–H and O–H groups in total. The van der Waals surface area contributed by atoms with Crippen LogP contribution in [0.15, 0.2) is 42.5 Å². The van der Waals surface area contributed by atoms with Crippen molar-refractivity contribution >= 4 is 29.4 Å². The molecule has 1 saturated heterocycles. The van der Waals surface area contributed by atoms with Crippen LogP contribution in [0.4, 0.5) is 4.79 Å². The Labute approximate surface area is 198 Å². The van der Waals surface area contributed by atoms with E-state index in [2.05, 4.69) is 5.32 Å². The third-order valence-corrected chi connectivity index (χ3v) is 6.20. The fourth-order valence-corrected chi connectivity index (χ4v) is 3.98. The van der Waals surface area contributed by atoms with E-state index in [-0.39, 0.29) is 12.5 Å². The summed E-state index contributed by atoms with van der Waals surface area (Å²) in [5.41, 5.74) is 0.389. The Morgan fingerprint density at radius 2 is 1.76 bits per heavy atom. The molecule has 3 rings (SSSR count). The second kappa shape index (κ2) is 10.1. The van der Waals surface area contributed by atoms with Gasteiger partial charge in [-0.15, -0.1) is 0 Å². The Bertz CT molecular complexity index is 1040. The molecule has 0 bridgehead atoms. The highest BCUT2D eigenvalue weighted by molar-refractivity contribution is 6.30. The number of imide groups is 1. The van der Waals surface area contributed by atoms with Crippen LogP contribution in [0.3, 0.4) is 0 Å². The molecule has 1 atom stereocenters. The van der Waals surface area contributed by atoms with Gasteiger partial charge in [-0.05, 0) is 48.2 Å². The number of methoxy groups -OCH3 is 2. The molecule has 8 nitrogen and oxygen atoms in total. The van der Waals surface area contributed by atoms with E-state index in [1.165, 1.54) is 4.90 Å². The van der Waals surface area contributed by atoms with Crippen LogP contribution >= 0.6 is 11.6 Å². The van der Waals surface area contributed by atoms with Crippen molar-refractivity contribution in [1.29, 1.82) is 0 Å². The fourth-order valence-electron chi connectivity index (χ4n) is 3.86. The molecule has 0 unspecified atom stereocenters. The van der Waals surface area contributed by atoms with Gasteiger partial charge in [0.15, 0.2) is 11.5 Å². The van der Waals surface area contributed by atoms with Gasteiger partial charge in [0, 0.05) is 18.6 Å². The number of carbonyl (C=O) groups excluding carboxylic acids is 3. The monoisotopic (exact) mass is 473 g/mol. The summed E-state index contributed by atoms with van der Waals surface area (Å²) in [6.45, 7) is 1.89. The van der Waals surface area contributed by atoms with E-state index < -0.39 is 17.5 Å². The van der Waals surface area contributed by atoms with Crippen LogP contribution in [0, 0.1) is 0 Å². The van der Waals surface area contributed by atoms with Crippen molar-refractivity contribution in [1.82, 2.24) is 15.1 Å². The van der Waals surface area contributed by atoms with Gasteiger partial charge in [0.1, 0.15) is 12.1 Å². The lowest BCUT2D eigenvalue weighted by Crippen LogP contribution is -2.45. The van der Waals surface area contributed by atoms with Crippen molar-refractivity contribution in [3.63, 3.8) is 0 Å². The Morgan fingerprint density at radius 3 is 2.36 bits per heavy atom. The molecule has 1 heterocycles. The van der Waals surface area contributed by atoms with Crippen molar-refractivity contribution in [2.45, 2.75) is 25.3 Å². The number of likely N-dealkylation sites (N-methyl/N-ethyl adjacent to an activating group) is 1. The zero-order chi connectivity index (χ0) is 24.2. The van der Waals surface area contributed by atoms with Crippen LogP contribution in [0.5, 0.6) is 11.5 Å². The molecule has 2 aromatic carbocycles. The predicted molar refractivity (Wildman–Crippen MR) is 125 cm³/mol. The van der Waals surface area contributed by atoms with E-state index >= 15 is 0 Å². The van der Waals surface area contributed by atoms with E-state index in [9.17, 15) is 14.4 Å². The summed E-state index contributed by atoms with van der Waals surface area (Å²) >= 11 is 5.96. The van der Waals surface area contributed by atoms with Crippen LogP contribution in [0.25, 0.3) is 0 Å². The number of hydrogen-bond donors (Lipinski definition) is 1. The smallest absolute Gasteiger partial charge is 0.325 e. The van der Waals surface area contributed by atoms with Crippen molar-refractivity contribution in [2.75, 3.05) is 34.4 Å². The zero-order valence-electron chi connectivity index (χ0n) is 19.2. The zero-order valence-corrected chi connectivity index (χ0v) is 19.9. The number of ether oxygens (including phenoxy) is 2. The van der Waals surface area contributed by atoms with Crippen molar-refractivity contribution in [3.05, 3.63) is 58.6 Å². The normalized spacial score (nSPS) is 17.7. The first-order chi connectivity index (χ1) is 15.7. The summed E-state index contributed by atoms with van der Waals surface area (Å²) in [6, 6.07) is 11.8. The minimum Gasteiger partial charge on any atom is -0.493 e. The molecule has 176 valence electrons. The van der Waals surface area contributed by atoms with Crippen LogP contribution in [0.2, 0.25) is 5.02 Å². The molecule has 1 aliphatic heterocycles. The van der Waals surface area contributed by atoms with Gasteiger partial charge >= 0.3 is 6.03 Å². The van der Waals surface area contributed by atoms with Crippen molar-refractivity contribution in [2.24, 2.45) is 0 Å². The number of amides is 4. The first-order valence-corrected chi connectivity index (χ1v) is 11.0. The minimum atomic E-state index is -1.21. The highest BCUT2D eigenvalue weighted by Gasteiger charge is 2.51. The Kier molecular flexibility index (Phi) is 7.48. The van der Waals surface area contributed by atoms with Gasteiger partial charge in [-0.3, -0.25) is 14.5 Å². The van der Waals surface area contributed by atoms with Gasteiger partial charge in [-0.1, -0.05) is 36.7 Å². The van der Waals surface area contributed by atoms with Crippen LogP contribution < -0.4 is 14.8 Å². The molecule has 9 heteroatoms. The second-order valence-corrected chi connectivity index (χ2v) is 8.28. The topological polar surface area (TPSA) is 88.2 Å². The third-order valence-electron chi connectivity index (χ3n) is 5.95. The van der Waals surface area contributed by atoms with Gasteiger partial charge < -0.3 is 19.7 Å². The maximum Gasteiger partial charge on any atom is 0.325 e. The van der Waals surface area contributed by atoms with E-state index in [0.717, 1.165) is 10.5 Å². The molecule has 0 aliphatic carbocycles. The molecule has 0 spiro atoms. The Hall–Kier alpha value is -3.26. The largest absolute Gasteiger partial charge is 0.493 e. The summed E-state index contributed by atoms with van der Waals surface area (Å²) in [7, 11) is 4.78. The number of rotatable bonds is 9. The van der Waals surface area contributed by atoms with E-state index in [1.807, 2.05) is 25.1 Å². The number of hydrogen-bond acceptors (Lipinski definition) is 5. The number of urea groups is 1. The average molecular weight is 474 g/mol. The maximum atomic E-state index is 13.2. The summed E-state index contributed by atoms with van der Waals surface area (Å²) < 4.78 is 10.6. The number of nitrogens with one attached hydrogen (secondary N) is 1. The quantitative estimate of drug-likeness (QED) is 0.565. The van der Waals surface area contributed by atoms with E-state index in [0.29, 0.717) is 41.5 Å². The SMILES string of the molecule is CC[C@@]1(c2ccc(Cl)cc2)NC(=O)N(CC(=O)N(C)CCc2ccc(OC)c(OC)c2)C1=O. The Balaban J connectivity index is 1.66. The minimum absolute atomic E-state index is 0.331. The summed E-state index contributed by atoms with van der Waals surface area (Å²) in [4.78, 5) is 41.2. The molecule has 0 aromatic heterocycles. The van der Waals surface area contributed by atoms with Crippen LogP contribution in [0.1, 0.15) is 24.5 Å². The van der Waals surface area contributed by atoms with Crippen molar-refractivity contribution < 1.29 is 23.9 Å². The van der Waals surface area contributed by atoms with Gasteiger partial charge in [0.2, 0.25) is 5.91 Å². The lowest BCUT2D eigenvalue weighted by Gasteiger charge is -2.26. The molecular weight excluding hydrogens is 446 g/mol. The molecule has 33 heavy (non-hydrogen) atoms. The lowest BCUT2D eigenvalue weighted by atomic mass is 9.87. The first kappa shape index (κ1) is 24.4. The molecule has 1 aliphatic rings. The highest BCUT2D eigenvalue weighted by Crippen LogP contribution is 2.33. The molecule has 0 saturated carbocycles. The molecule has 4 amide bonds. The molecular formula is C24H28ClN3O5. The second-order valence-electron chi connectivity index (χ2n) is 7.84. The van der Waals surface area contributed by atoms with E-state index in [1.54, 1.807) is 45.5 Å². The highest BCUT2D eigenvalue weighted by atomic mass is 35.5. The Morgan fingerprint density at radius 1 is 1.09 bits per heavy atom. The standard InChI is InChI=1S/C24H28ClN3O5/c1-5-24(17-7-9-18(25)10-8-17)22(30)28(23(31)26-24)15-21(29)27(2)13-12-16-6-11-19(32-3)20(14-16)33-4/h6-11,14H,5,12-13,15H2,1-4H3,(H,26,31)/t24-/m0/s1. The third kappa shape index (κ3) is 4.90. The fraction of sp³-hybridized carbons (Fsp3) is 0.375. The van der Waals surface area contributed by atoms with Crippen molar-refractivity contribution in [3.8, 4) is 11.5 Å². The van der Waals surface area contributed by atoms with Gasteiger partial charge in [-0.25, -0.2) is 4.79 Å². The summed E-state index contributed by atoms with van der Waals surface area (Å²) in [5.74, 6) is 0.465. The van der Waals surface area contributed by atoms with E-state index in [4.69, 9.17) is 21.1 Å². The molecule has 0 radical (unpaired) electrons. The van der Waals surface area contributed by atoms with Gasteiger partial charge in [0.25, 0.3) is 5.91 Å². The molecule has 1 fully saturated rings. The number of halogens is 1. The lowest BCUT2D eigenvalue weighted by molar-refractivity contribution is -0.138. The van der Waals surface area contributed by atoms with Crippen LogP contribution in [-0.2, 0) is 21.5 Å². The molecule has 2 aromatic rings. The summed E-state index contributed by atoms with van der Waals surface area (Å²) in [5, 5.41) is 3.31. The average Bonchev–Trinajstić information content (AvgIpc) is 3.07. The van der Waals surface area contributed by atoms with Crippen LogP contribution in [-0.4, -0.2) is 62.0 Å². The van der Waals surface area contributed by atoms with Gasteiger partial charge in [-0.2, -0.15) is 0 Å². The maximum absolute atomic E-state index is 13.2.